The smallest absolute Gasteiger partial charge is 0.241 e. The van der Waals surface area contributed by atoms with E-state index in [-0.39, 0.29) is 18.1 Å². The van der Waals surface area contributed by atoms with E-state index in [9.17, 15) is 9.90 Å². The number of nitrogen functional groups attached to an aromatic ring is 1. The third kappa shape index (κ3) is 5.28. The van der Waals surface area contributed by atoms with Gasteiger partial charge in [-0.1, -0.05) is 6.07 Å². The van der Waals surface area contributed by atoms with Crippen LogP contribution in [-0.2, 0) is 4.79 Å². The second-order valence-corrected chi connectivity index (χ2v) is 4.91. The van der Waals surface area contributed by atoms with E-state index in [1.54, 1.807) is 31.2 Å². The molecule has 5 nitrogen and oxygen atoms in total. The van der Waals surface area contributed by atoms with Gasteiger partial charge in [-0.3, -0.25) is 9.69 Å². The minimum Gasteiger partial charge on any atom is -0.399 e. The highest BCUT2D eigenvalue weighted by molar-refractivity contribution is 5.94. The lowest BCUT2D eigenvalue weighted by atomic mass is 10.2. The highest BCUT2D eigenvalue weighted by Gasteiger charge is 2.18. The SMILES string of the molecule is CC(O)CCN(C)C(C)C(=O)Nc1cccc(N)c1. The number of aliphatic hydroxyl groups is 1. The molecule has 0 radical (unpaired) electrons. The molecule has 0 aromatic heterocycles. The molecule has 1 amide bonds. The van der Waals surface area contributed by atoms with Gasteiger partial charge in [-0.15, -0.1) is 0 Å². The number of carbonyl (C=O) groups is 1. The number of nitrogens with zero attached hydrogens (tertiary/aromatic N) is 1. The van der Waals surface area contributed by atoms with Crippen molar-refractivity contribution in [3.8, 4) is 0 Å². The van der Waals surface area contributed by atoms with Crippen LogP contribution in [0.2, 0.25) is 0 Å². The van der Waals surface area contributed by atoms with Crippen LogP contribution in [0, 0.1) is 0 Å². The van der Waals surface area contributed by atoms with E-state index < -0.39 is 0 Å². The standard InChI is InChI=1S/C14H23N3O2/c1-10(18)7-8-17(3)11(2)14(19)16-13-6-4-5-12(15)9-13/h4-6,9-11,18H,7-8,15H2,1-3H3,(H,16,19). The van der Waals surface area contributed by atoms with Crippen molar-refractivity contribution >= 4 is 17.3 Å². The zero-order chi connectivity index (χ0) is 14.4. The van der Waals surface area contributed by atoms with Crippen LogP contribution in [0.25, 0.3) is 0 Å². The zero-order valence-corrected chi connectivity index (χ0v) is 11.8. The van der Waals surface area contributed by atoms with Gasteiger partial charge in [-0.25, -0.2) is 0 Å². The number of amides is 1. The summed E-state index contributed by atoms with van der Waals surface area (Å²) >= 11 is 0. The van der Waals surface area contributed by atoms with Crippen molar-refractivity contribution in [3.63, 3.8) is 0 Å². The zero-order valence-electron chi connectivity index (χ0n) is 11.8. The molecule has 1 aromatic rings. The molecule has 5 heteroatoms. The number of nitrogens with two attached hydrogens (primary N) is 1. The molecule has 0 saturated heterocycles. The maximum Gasteiger partial charge on any atom is 0.241 e. The summed E-state index contributed by atoms with van der Waals surface area (Å²) in [6, 6.07) is 6.83. The summed E-state index contributed by atoms with van der Waals surface area (Å²) in [4.78, 5) is 14.0. The van der Waals surface area contributed by atoms with Gasteiger partial charge >= 0.3 is 0 Å². The maximum atomic E-state index is 12.1. The van der Waals surface area contributed by atoms with Gasteiger partial charge in [0.1, 0.15) is 0 Å². The van der Waals surface area contributed by atoms with Gasteiger partial charge in [0.05, 0.1) is 12.1 Å². The van der Waals surface area contributed by atoms with E-state index in [1.165, 1.54) is 0 Å². The Bertz CT molecular complexity index is 421. The number of likely N-dealkylation sites (N-methyl/N-ethyl adjacent to an activating group) is 1. The van der Waals surface area contributed by atoms with E-state index in [1.807, 2.05) is 18.9 Å². The minimum atomic E-state index is -0.355. The molecular formula is C14H23N3O2. The van der Waals surface area contributed by atoms with Crippen LogP contribution in [0.5, 0.6) is 0 Å². The third-order valence-corrected chi connectivity index (χ3v) is 3.09. The molecule has 0 aliphatic heterocycles. The molecule has 0 aliphatic rings. The van der Waals surface area contributed by atoms with E-state index in [0.717, 1.165) is 0 Å². The number of rotatable bonds is 6. The van der Waals surface area contributed by atoms with Gasteiger partial charge in [0, 0.05) is 17.9 Å². The molecule has 2 atom stereocenters. The lowest BCUT2D eigenvalue weighted by Crippen LogP contribution is -2.40. The minimum absolute atomic E-state index is 0.0845. The monoisotopic (exact) mass is 265 g/mol. The number of carbonyl (C=O) groups excluding carboxylic acids is 1. The van der Waals surface area contributed by atoms with Crippen molar-refractivity contribution in [3.05, 3.63) is 24.3 Å². The highest BCUT2D eigenvalue weighted by atomic mass is 16.3. The number of nitrogens with one attached hydrogen (secondary N) is 1. The number of anilines is 2. The molecule has 0 fully saturated rings. The highest BCUT2D eigenvalue weighted by Crippen LogP contribution is 2.12. The van der Waals surface area contributed by atoms with Crippen molar-refractivity contribution in [2.24, 2.45) is 0 Å². The fourth-order valence-electron chi connectivity index (χ4n) is 1.65. The van der Waals surface area contributed by atoms with Crippen molar-refractivity contribution in [1.29, 1.82) is 0 Å². The topological polar surface area (TPSA) is 78.6 Å². The molecule has 1 rings (SSSR count). The predicted octanol–water partition coefficient (Wildman–Crippen LogP) is 1.30. The molecule has 106 valence electrons. The molecule has 4 N–H and O–H groups in total. The molecule has 19 heavy (non-hydrogen) atoms. The van der Waals surface area contributed by atoms with Crippen LogP contribution in [0.1, 0.15) is 20.3 Å². The predicted molar refractivity (Wildman–Crippen MR) is 77.9 cm³/mol. The molecule has 0 spiro atoms. The van der Waals surface area contributed by atoms with Crippen LogP contribution >= 0.6 is 0 Å². The largest absolute Gasteiger partial charge is 0.399 e. The molecule has 0 bridgehead atoms. The average molecular weight is 265 g/mol. The first-order valence-corrected chi connectivity index (χ1v) is 6.45. The third-order valence-electron chi connectivity index (χ3n) is 3.09. The summed E-state index contributed by atoms with van der Waals surface area (Å²) in [6.07, 6.45) is 0.290. The number of hydrogen-bond acceptors (Lipinski definition) is 4. The average Bonchev–Trinajstić information content (AvgIpc) is 2.34. The van der Waals surface area contributed by atoms with Crippen LogP contribution in [0.3, 0.4) is 0 Å². The van der Waals surface area contributed by atoms with Crippen molar-refractivity contribution < 1.29 is 9.90 Å². The molecule has 2 unspecified atom stereocenters. The molecule has 0 aliphatic carbocycles. The van der Waals surface area contributed by atoms with E-state index in [4.69, 9.17) is 5.73 Å². The lowest BCUT2D eigenvalue weighted by Gasteiger charge is -2.24. The first-order chi connectivity index (χ1) is 8.90. The molecular weight excluding hydrogens is 242 g/mol. The fraction of sp³-hybridized carbons (Fsp3) is 0.500. The Morgan fingerprint density at radius 3 is 2.74 bits per heavy atom. The summed E-state index contributed by atoms with van der Waals surface area (Å²) in [5, 5.41) is 12.1. The van der Waals surface area contributed by atoms with Gasteiger partial charge in [0.25, 0.3) is 0 Å². The molecule has 0 saturated carbocycles. The van der Waals surface area contributed by atoms with Gasteiger partial charge < -0.3 is 16.2 Å². The Hall–Kier alpha value is -1.59. The van der Waals surface area contributed by atoms with Crippen LogP contribution < -0.4 is 11.1 Å². The van der Waals surface area contributed by atoms with Gasteiger partial charge in [0.2, 0.25) is 5.91 Å². The van der Waals surface area contributed by atoms with Gasteiger partial charge in [0.15, 0.2) is 0 Å². The van der Waals surface area contributed by atoms with E-state index in [2.05, 4.69) is 5.32 Å². The summed E-state index contributed by atoms with van der Waals surface area (Å²) < 4.78 is 0. The fourth-order valence-corrected chi connectivity index (χ4v) is 1.65. The Morgan fingerprint density at radius 1 is 1.47 bits per heavy atom. The summed E-state index contributed by atoms with van der Waals surface area (Å²) in [5.41, 5.74) is 6.98. The number of aliphatic hydroxyl groups excluding tert-OH is 1. The van der Waals surface area contributed by atoms with Crippen LogP contribution in [0.4, 0.5) is 11.4 Å². The first kappa shape index (κ1) is 15.5. The lowest BCUT2D eigenvalue weighted by molar-refractivity contribution is -0.120. The van der Waals surface area contributed by atoms with Gasteiger partial charge in [-0.2, -0.15) is 0 Å². The number of hydrogen-bond donors (Lipinski definition) is 3. The van der Waals surface area contributed by atoms with Crippen molar-refractivity contribution in [2.45, 2.75) is 32.4 Å². The van der Waals surface area contributed by atoms with Crippen LogP contribution in [0.15, 0.2) is 24.3 Å². The first-order valence-electron chi connectivity index (χ1n) is 6.45. The van der Waals surface area contributed by atoms with E-state index >= 15 is 0 Å². The van der Waals surface area contributed by atoms with Crippen molar-refractivity contribution in [2.75, 3.05) is 24.6 Å². The van der Waals surface area contributed by atoms with Crippen LogP contribution in [-0.4, -0.2) is 41.7 Å². The maximum absolute atomic E-state index is 12.1. The molecule has 0 heterocycles. The Balaban J connectivity index is 2.52. The summed E-state index contributed by atoms with van der Waals surface area (Å²) in [6.45, 7) is 4.25. The van der Waals surface area contributed by atoms with Crippen molar-refractivity contribution in [1.82, 2.24) is 4.90 Å². The summed E-state index contributed by atoms with van der Waals surface area (Å²) in [7, 11) is 1.87. The number of benzene rings is 1. The summed E-state index contributed by atoms with van der Waals surface area (Å²) in [5.74, 6) is -0.0845. The normalized spacial score (nSPS) is 14.2. The Labute approximate surface area is 114 Å². The Kier molecular flexibility index (Phi) is 5.79. The quantitative estimate of drug-likeness (QED) is 0.677. The Morgan fingerprint density at radius 2 is 2.16 bits per heavy atom. The van der Waals surface area contributed by atoms with Gasteiger partial charge in [-0.05, 0) is 45.5 Å². The molecule has 1 aromatic carbocycles. The second kappa shape index (κ2) is 7.11. The second-order valence-electron chi connectivity index (χ2n) is 4.91. The van der Waals surface area contributed by atoms with E-state index in [0.29, 0.717) is 24.3 Å².